The second kappa shape index (κ2) is 8.36. The summed E-state index contributed by atoms with van der Waals surface area (Å²) >= 11 is 0. The summed E-state index contributed by atoms with van der Waals surface area (Å²) in [7, 11) is 3.98. The van der Waals surface area contributed by atoms with Gasteiger partial charge in [-0.2, -0.15) is 0 Å². The van der Waals surface area contributed by atoms with Crippen LogP contribution in [-0.2, 0) is 4.79 Å². The summed E-state index contributed by atoms with van der Waals surface area (Å²) in [4.78, 5) is 14.6. The van der Waals surface area contributed by atoms with Gasteiger partial charge < -0.3 is 4.90 Å². The fourth-order valence-electron chi connectivity index (χ4n) is 2.71. The molecule has 0 amide bonds. The zero-order valence-electron chi connectivity index (χ0n) is 15.4. The van der Waals surface area contributed by atoms with Crippen LogP contribution in [0.4, 0.5) is 10.1 Å². The van der Waals surface area contributed by atoms with Crippen LogP contribution in [-0.4, -0.2) is 19.9 Å². The third kappa shape index (κ3) is 4.64. The molecule has 0 unspecified atom stereocenters. The third-order valence-electron chi connectivity index (χ3n) is 4.29. The van der Waals surface area contributed by atoms with Crippen molar-refractivity contribution in [2.45, 2.75) is 12.8 Å². The van der Waals surface area contributed by atoms with Crippen molar-refractivity contribution in [2.24, 2.45) is 0 Å². The summed E-state index contributed by atoms with van der Waals surface area (Å²) < 4.78 is 13.7. The first-order valence-corrected chi connectivity index (χ1v) is 8.79. The van der Waals surface area contributed by atoms with Crippen LogP contribution in [0, 0.1) is 17.7 Å². The largest absolute Gasteiger partial charge is 0.378 e. The lowest BCUT2D eigenvalue weighted by Gasteiger charge is -2.11. The van der Waals surface area contributed by atoms with Gasteiger partial charge in [-0.1, -0.05) is 42.2 Å². The van der Waals surface area contributed by atoms with E-state index in [4.69, 9.17) is 0 Å². The van der Waals surface area contributed by atoms with Crippen molar-refractivity contribution in [2.75, 3.05) is 19.0 Å². The van der Waals surface area contributed by atoms with E-state index in [9.17, 15) is 9.18 Å². The minimum absolute atomic E-state index is 0.133. The summed E-state index contributed by atoms with van der Waals surface area (Å²) in [5.41, 5.74) is 6.52. The third-order valence-corrected chi connectivity index (χ3v) is 4.29. The molecular formula is C24H20FNO. The predicted molar refractivity (Wildman–Crippen MR) is 108 cm³/mol. The molecule has 0 bridgehead atoms. The Morgan fingerprint density at radius 2 is 1.78 bits per heavy atom. The van der Waals surface area contributed by atoms with E-state index in [1.165, 1.54) is 6.07 Å². The average Bonchev–Trinajstić information content (AvgIpc) is 2.67. The van der Waals surface area contributed by atoms with Gasteiger partial charge in [0, 0.05) is 25.4 Å². The summed E-state index contributed by atoms with van der Waals surface area (Å²) in [6, 6.07) is 14.3. The van der Waals surface area contributed by atoms with Gasteiger partial charge in [-0.15, -0.1) is 5.73 Å². The van der Waals surface area contributed by atoms with E-state index >= 15 is 0 Å². The molecule has 0 aliphatic heterocycles. The molecule has 2 aromatic carbocycles. The van der Waals surface area contributed by atoms with Crippen LogP contribution in [0.15, 0.2) is 71.5 Å². The highest BCUT2D eigenvalue weighted by atomic mass is 19.1. The predicted octanol–water partition coefficient (Wildman–Crippen LogP) is 4.77. The molecule has 3 rings (SSSR count). The highest BCUT2D eigenvalue weighted by Crippen LogP contribution is 2.20. The monoisotopic (exact) mass is 357 g/mol. The highest BCUT2D eigenvalue weighted by Gasteiger charge is 2.17. The van der Waals surface area contributed by atoms with Crippen molar-refractivity contribution in [1.82, 2.24) is 0 Å². The van der Waals surface area contributed by atoms with Crippen LogP contribution in [0.5, 0.6) is 0 Å². The second-order valence-electron chi connectivity index (χ2n) is 6.47. The van der Waals surface area contributed by atoms with E-state index in [1.54, 1.807) is 18.2 Å². The number of halogens is 1. The van der Waals surface area contributed by atoms with Crippen LogP contribution in [0.2, 0.25) is 0 Å². The first kappa shape index (κ1) is 18.5. The topological polar surface area (TPSA) is 20.3 Å². The average molecular weight is 357 g/mol. The smallest absolute Gasteiger partial charge is 0.204 e. The minimum Gasteiger partial charge on any atom is -0.378 e. The van der Waals surface area contributed by atoms with Crippen LogP contribution in [0.25, 0.3) is 6.08 Å². The maximum Gasteiger partial charge on any atom is 0.204 e. The van der Waals surface area contributed by atoms with Gasteiger partial charge in [-0.3, -0.25) is 4.79 Å². The van der Waals surface area contributed by atoms with Gasteiger partial charge in [-0.05, 0) is 48.7 Å². The Morgan fingerprint density at radius 1 is 1.04 bits per heavy atom. The Hall–Kier alpha value is -3.34. The molecule has 2 aromatic rings. The number of anilines is 1. The van der Waals surface area contributed by atoms with Crippen molar-refractivity contribution < 1.29 is 9.18 Å². The molecule has 0 heterocycles. The number of rotatable bonds is 2. The van der Waals surface area contributed by atoms with Gasteiger partial charge in [0.05, 0.1) is 11.1 Å². The van der Waals surface area contributed by atoms with Crippen molar-refractivity contribution >= 4 is 17.5 Å². The van der Waals surface area contributed by atoms with Crippen molar-refractivity contribution in [3.8, 4) is 11.8 Å². The number of allylic oxidation sites excluding steroid dienone is 3. The number of Topliss-reactive ketones (excluding diaryl/α,β-unsaturated/α-hetero) is 1. The number of carbonyl (C=O) groups is 1. The van der Waals surface area contributed by atoms with Crippen molar-refractivity contribution in [3.05, 3.63) is 88.4 Å². The van der Waals surface area contributed by atoms with E-state index in [1.807, 2.05) is 55.4 Å². The zero-order valence-corrected chi connectivity index (χ0v) is 15.4. The molecule has 0 saturated carbocycles. The summed E-state index contributed by atoms with van der Waals surface area (Å²) in [5, 5.41) is 0. The standard InChI is InChI=1S/C24H20FNO/c1-26(2)22-16-11-18(12-17-22)10-13-20-7-5-8-21(24(20)27)15-14-19-6-3-4-9-23(19)25/h3-4,6,8-12,16-17H,5,7H2,1-2H3. The maximum atomic E-state index is 13.7. The molecule has 0 radical (unpaired) electrons. The Labute approximate surface area is 159 Å². The lowest BCUT2D eigenvalue weighted by Crippen LogP contribution is -2.09. The summed E-state index contributed by atoms with van der Waals surface area (Å²) in [5.74, 6) is 5.06. The molecule has 0 aromatic heterocycles. The quantitative estimate of drug-likeness (QED) is 0.438. The van der Waals surface area contributed by atoms with Gasteiger partial charge in [0.2, 0.25) is 5.78 Å². The fourth-order valence-corrected chi connectivity index (χ4v) is 2.71. The summed E-state index contributed by atoms with van der Waals surface area (Å²) in [6.07, 6.45) is 4.99. The summed E-state index contributed by atoms with van der Waals surface area (Å²) in [6.45, 7) is 0. The van der Waals surface area contributed by atoms with Gasteiger partial charge in [0.15, 0.2) is 0 Å². The van der Waals surface area contributed by atoms with E-state index < -0.39 is 0 Å². The van der Waals surface area contributed by atoms with Gasteiger partial charge in [0.1, 0.15) is 5.82 Å². The number of benzene rings is 2. The molecule has 0 saturated heterocycles. The van der Waals surface area contributed by atoms with Crippen LogP contribution in [0.3, 0.4) is 0 Å². The second-order valence-corrected chi connectivity index (χ2v) is 6.47. The lowest BCUT2D eigenvalue weighted by molar-refractivity contribution is -0.112. The molecule has 1 aliphatic rings. The maximum absolute atomic E-state index is 13.7. The van der Waals surface area contributed by atoms with Crippen LogP contribution >= 0.6 is 0 Å². The SMILES string of the molecule is CN(C)c1ccc(C=C=C2CCC=C(C#Cc3ccccc3F)C2=O)cc1. The molecule has 1 aliphatic carbocycles. The molecule has 27 heavy (non-hydrogen) atoms. The number of hydrogen-bond acceptors (Lipinski definition) is 2. The molecule has 0 fully saturated rings. The Morgan fingerprint density at radius 3 is 2.48 bits per heavy atom. The van der Waals surface area contributed by atoms with Crippen LogP contribution < -0.4 is 4.90 Å². The first-order chi connectivity index (χ1) is 13.0. The molecular weight excluding hydrogens is 337 g/mol. The number of hydrogen-bond donors (Lipinski definition) is 0. The minimum atomic E-state index is -0.384. The van der Waals surface area contributed by atoms with Crippen molar-refractivity contribution in [1.29, 1.82) is 0 Å². The Bertz CT molecular complexity index is 1010. The van der Waals surface area contributed by atoms with E-state index in [0.29, 0.717) is 23.1 Å². The Kier molecular flexibility index (Phi) is 5.71. The lowest BCUT2D eigenvalue weighted by atomic mass is 9.93. The van der Waals surface area contributed by atoms with Gasteiger partial charge in [0.25, 0.3) is 0 Å². The molecule has 3 heteroatoms. The number of ketones is 1. The van der Waals surface area contributed by atoms with Crippen LogP contribution in [0.1, 0.15) is 24.0 Å². The fraction of sp³-hybridized carbons (Fsp3) is 0.167. The Balaban J connectivity index is 1.81. The normalized spacial score (nSPS) is 13.2. The van der Waals surface area contributed by atoms with E-state index in [2.05, 4.69) is 17.6 Å². The molecule has 134 valence electrons. The van der Waals surface area contributed by atoms with Gasteiger partial charge in [-0.25, -0.2) is 4.39 Å². The van der Waals surface area contributed by atoms with Gasteiger partial charge >= 0.3 is 0 Å². The molecule has 2 nitrogen and oxygen atoms in total. The highest BCUT2D eigenvalue weighted by molar-refractivity contribution is 6.12. The van der Waals surface area contributed by atoms with Crippen molar-refractivity contribution in [3.63, 3.8) is 0 Å². The number of nitrogens with zero attached hydrogens (tertiary/aromatic N) is 1. The first-order valence-electron chi connectivity index (χ1n) is 8.79. The molecule has 0 spiro atoms. The van der Waals surface area contributed by atoms with E-state index in [-0.39, 0.29) is 11.6 Å². The number of carbonyl (C=O) groups excluding carboxylic acids is 1. The zero-order chi connectivity index (χ0) is 19.2. The molecule has 0 N–H and O–H groups in total. The van der Waals surface area contributed by atoms with E-state index in [0.717, 1.165) is 17.7 Å². The molecule has 0 atom stereocenters.